The van der Waals surface area contributed by atoms with Crippen LogP contribution in [-0.2, 0) is 0 Å². The van der Waals surface area contributed by atoms with E-state index in [1.54, 1.807) is 7.11 Å². The Balaban J connectivity index is 2.61. The van der Waals surface area contributed by atoms with Gasteiger partial charge >= 0.3 is 0 Å². The van der Waals surface area contributed by atoms with Crippen LogP contribution in [0.2, 0.25) is 0 Å². The van der Waals surface area contributed by atoms with Crippen molar-refractivity contribution in [3.05, 3.63) is 29.8 Å². The summed E-state index contributed by atoms with van der Waals surface area (Å²) >= 11 is 0. The van der Waals surface area contributed by atoms with Gasteiger partial charge in [-0.05, 0) is 30.2 Å². The number of hydrogen-bond donors (Lipinski definition) is 0. The Bertz CT molecular complexity index is 348. The molecule has 0 bridgehead atoms. The molecule has 0 saturated carbocycles. The van der Waals surface area contributed by atoms with Crippen molar-refractivity contribution in [3.63, 3.8) is 0 Å². The molecule has 1 aromatic rings. The van der Waals surface area contributed by atoms with Gasteiger partial charge in [0.2, 0.25) is 0 Å². The lowest BCUT2D eigenvalue weighted by molar-refractivity contribution is 0.0956. The molecule has 1 rings (SSSR count). The van der Waals surface area contributed by atoms with Gasteiger partial charge in [0.25, 0.3) is 0 Å². The minimum Gasteiger partial charge on any atom is -0.497 e. The Morgan fingerprint density at radius 2 is 1.67 bits per heavy atom. The third-order valence-corrected chi connectivity index (χ3v) is 3.28. The standard InChI is InChI=1S/C16H24O2/c1-4-6-13(7-5-2)12-16(17)14-8-10-15(18-3)11-9-14/h8-11,13H,4-7,12H2,1-3H3. The second kappa shape index (κ2) is 7.91. The van der Waals surface area contributed by atoms with E-state index in [-0.39, 0.29) is 5.78 Å². The van der Waals surface area contributed by atoms with Crippen LogP contribution in [0.15, 0.2) is 24.3 Å². The predicted octanol–water partition coefficient (Wildman–Crippen LogP) is 4.48. The number of ether oxygens (including phenoxy) is 1. The Labute approximate surface area is 110 Å². The number of methoxy groups -OCH3 is 1. The molecule has 0 aliphatic carbocycles. The van der Waals surface area contributed by atoms with E-state index in [1.807, 2.05) is 24.3 Å². The lowest BCUT2D eigenvalue weighted by Crippen LogP contribution is -2.09. The molecule has 0 heterocycles. The van der Waals surface area contributed by atoms with Gasteiger partial charge < -0.3 is 4.74 Å². The molecule has 2 heteroatoms. The normalized spacial score (nSPS) is 10.7. The van der Waals surface area contributed by atoms with Gasteiger partial charge in [-0.1, -0.05) is 39.5 Å². The lowest BCUT2D eigenvalue weighted by atomic mass is 9.91. The highest BCUT2D eigenvalue weighted by atomic mass is 16.5. The van der Waals surface area contributed by atoms with E-state index in [0.717, 1.165) is 37.0 Å². The summed E-state index contributed by atoms with van der Waals surface area (Å²) in [5, 5.41) is 0. The maximum Gasteiger partial charge on any atom is 0.163 e. The summed E-state index contributed by atoms with van der Waals surface area (Å²) in [6.07, 6.45) is 5.28. The Morgan fingerprint density at radius 3 is 2.11 bits per heavy atom. The highest BCUT2D eigenvalue weighted by Crippen LogP contribution is 2.21. The highest BCUT2D eigenvalue weighted by molar-refractivity contribution is 5.96. The fourth-order valence-electron chi connectivity index (χ4n) is 2.32. The average Bonchev–Trinajstić information content (AvgIpc) is 2.39. The zero-order chi connectivity index (χ0) is 13.4. The third kappa shape index (κ3) is 4.52. The van der Waals surface area contributed by atoms with Crippen molar-refractivity contribution in [1.29, 1.82) is 0 Å². The third-order valence-electron chi connectivity index (χ3n) is 3.28. The van der Waals surface area contributed by atoms with E-state index in [1.165, 1.54) is 0 Å². The molecule has 0 aliphatic rings. The van der Waals surface area contributed by atoms with Crippen molar-refractivity contribution < 1.29 is 9.53 Å². The van der Waals surface area contributed by atoms with Gasteiger partial charge in [0, 0.05) is 12.0 Å². The largest absolute Gasteiger partial charge is 0.497 e. The van der Waals surface area contributed by atoms with Crippen molar-refractivity contribution in [2.75, 3.05) is 7.11 Å². The maximum atomic E-state index is 12.2. The Morgan fingerprint density at radius 1 is 1.11 bits per heavy atom. The van der Waals surface area contributed by atoms with Gasteiger partial charge in [-0.25, -0.2) is 0 Å². The fourth-order valence-corrected chi connectivity index (χ4v) is 2.32. The number of carbonyl (C=O) groups is 1. The summed E-state index contributed by atoms with van der Waals surface area (Å²) in [4.78, 5) is 12.2. The van der Waals surface area contributed by atoms with E-state index in [4.69, 9.17) is 4.74 Å². The van der Waals surface area contributed by atoms with Crippen LogP contribution in [0.5, 0.6) is 5.75 Å². The first-order valence-electron chi connectivity index (χ1n) is 6.88. The molecule has 0 spiro atoms. The first-order valence-corrected chi connectivity index (χ1v) is 6.88. The van der Waals surface area contributed by atoms with E-state index in [9.17, 15) is 4.79 Å². The quantitative estimate of drug-likeness (QED) is 0.634. The molecule has 0 aliphatic heterocycles. The molecule has 100 valence electrons. The van der Waals surface area contributed by atoms with Crippen molar-refractivity contribution >= 4 is 5.78 Å². The monoisotopic (exact) mass is 248 g/mol. The number of benzene rings is 1. The van der Waals surface area contributed by atoms with Crippen LogP contribution in [0.1, 0.15) is 56.3 Å². The number of hydrogen-bond acceptors (Lipinski definition) is 2. The van der Waals surface area contributed by atoms with E-state index >= 15 is 0 Å². The van der Waals surface area contributed by atoms with Crippen molar-refractivity contribution in [2.45, 2.75) is 46.0 Å². The maximum absolute atomic E-state index is 12.2. The molecule has 0 N–H and O–H groups in total. The first kappa shape index (κ1) is 14.7. The van der Waals surface area contributed by atoms with Gasteiger partial charge in [0.05, 0.1) is 7.11 Å². The van der Waals surface area contributed by atoms with E-state index in [0.29, 0.717) is 12.3 Å². The van der Waals surface area contributed by atoms with Gasteiger partial charge in [0.15, 0.2) is 5.78 Å². The molecular weight excluding hydrogens is 224 g/mol. The number of carbonyl (C=O) groups excluding carboxylic acids is 1. The molecule has 0 fully saturated rings. The molecule has 0 amide bonds. The summed E-state index contributed by atoms with van der Waals surface area (Å²) < 4.78 is 5.10. The van der Waals surface area contributed by atoms with Crippen LogP contribution in [0, 0.1) is 5.92 Å². The van der Waals surface area contributed by atoms with Crippen molar-refractivity contribution in [3.8, 4) is 5.75 Å². The summed E-state index contributed by atoms with van der Waals surface area (Å²) in [6.45, 7) is 4.36. The molecule has 0 unspecified atom stereocenters. The molecule has 0 saturated heterocycles. The highest BCUT2D eigenvalue weighted by Gasteiger charge is 2.14. The molecule has 18 heavy (non-hydrogen) atoms. The lowest BCUT2D eigenvalue weighted by Gasteiger charge is -2.14. The van der Waals surface area contributed by atoms with E-state index in [2.05, 4.69) is 13.8 Å². The second-order valence-corrected chi connectivity index (χ2v) is 4.80. The van der Waals surface area contributed by atoms with Crippen molar-refractivity contribution in [2.24, 2.45) is 5.92 Å². The summed E-state index contributed by atoms with van der Waals surface area (Å²) in [5.41, 5.74) is 0.799. The zero-order valence-electron chi connectivity index (χ0n) is 11.7. The Kier molecular flexibility index (Phi) is 6.48. The van der Waals surface area contributed by atoms with Crippen LogP contribution in [0.3, 0.4) is 0 Å². The molecule has 0 atom stereocenters. The Hall–Kier alpha value is -1.31. The van der Waals surface area contributed by atoms with Gasteiger partial charge in [-0.15, -0.1) is 0 Å². The number of rotatable bonds is 8. The van der Waals surface area contributed by atoms with Crippen molar-refractivity contribution in [1.82, 2.24) is 0 Å². The number of ketones is 1. The van der Waals surface area contributed by atoms with Crippen LogP contribution >= 0.6 is 0 Å². The predicted molar refractivity (Wildman–Crippen MR) is 75.2 cm³/mol. The zero-order valence-corrected chi connectivity index (χ0v) is 11.7. The van der Waals surface area contributed by atoms with Gasteiger partial charge in [-0.2, -0.15) is 0 Å². The van der Waals surface area contributed by atoms with Gasteiger partial charge in [0.1, 0.15) is 5.75 Å². The second-order valence-electron chi connectivity index (χ2n) is 4.80. The topological polar surface area (TPSA) is 26.3 Å². The molecular formula is C16H24O2. The smallest absolute Gasteiger partial charge is 0.163 e. The minimum absolute atomic E-state index is 0.254. The average molecular weight is 248 g/mol. The van der Waals surface area contributed by atoms with Crippen LogP contribution in [0.4, 0.5) is 0 Å². The number of Topliss-reactive ketones (excluding diaryl/α,β-unsaturated/α-hetero) is 1. The molecule has 1 aromatic carbocycles. The SMILES string of the molecule is CCCC(CCC)CC(=O)c1ccc(OC)cc1. The minimum atomic E-state index is 0.254. The molecule has 0 radical (unpaired) electrons. The summed E-state index contributed by atoms with van der Waals surface area (Å²) in [7, 11) is 1.63. The summed E-state index contributed by atoms with van der Waals surface area (Å²) in [5.74, 6) is 1.59. The summed E-state index contributed by atoms with van der Waals surface area (Å²) in [6, 6.07) is 7.41. The van der Waals surface area contributed by atoms with Gasteiger partial charge in [-0.3, -0.25) is 4.79 Å². The van der Waals surface area contributed by atoms with Crippen LogP contribution in [0.25, 0.3) is 0 Å². The van der Waals surface area contributed by atoms with E-state index < -0.39 is 0 Å². The fraction of sp³-hybridized carbons (Fsp3) is 0.562. The first-order chi connectivity index (χ1) is 8.71. The molecule has 2 nitrogen and oxygen atoms in total. The molecule has 0 aromatic heterocycles. The van der Waals surface area contributed by atoms with Crippen LogP contribution < -0.4 is 4.74 Å². The van der Waals surface area contributed by atoms with Crippen LogP contribution in [-0.4, -0.2) is 12.9 Å².